The molecule has 2 heterocycles. The Labute approximate surface area is 96.4 Å². The fourth-order valence-electron chi connectivity index (χ4n) is 1.89. The Morgan fingerprint density at radius 1 is 1.44 bits per heavy atom. The molecule has 1 saturated heterocycles. The zero-order chi connectivity index (χ0) is 11.4. The summed E-state index contributed by atoms with van der Waals surface area (Å²) in [5, 5.41) is 3.25. The van der Waals surface area contributed by atoms with E-state index in [2.05, 4.69) is 29.1 Å². The van der Waals surface area contributed by atoms with Gasteiger partial charge in [0.2, 0.25) is 0 Å². The predicted molar refractivity (Wildman–Crippen MR) is 63.8 cm³/mol. The molecule has 1 unspecified atom stereocenters. The first kappa shape index (κ1) is 11.3. The monoisotopic (exact) mass is 221 g/mol. The van der Waals surface area contributed by atoms with Gasteiger partial charge in [-0.2, -0.15) is 0 Å². The average Bonchev–Trinajstić information content (AvgIpc) is 2.82. The number of aromatic nitrogens is 2. The quantitative estimate of drug-likeness (QED) is 0.844. The second-order valence-electron chi connectivity index (χ2n) is 4.05. The fraction of sp³-hybridized carbons (Fsp3) is 0.667. The summed E-state index contributed by atoms with van der Waals surface area (Å²) in [6.07, 6.45) is 1.99. The second kappa shape index (κ2) is 5.25. The number of anilines is 1. The Morgan fingerprint density at radius 3 is 2.94 bits per heavy atom. The van der Waals surface area contributed by atoms with Crippen LogP contribution in [0.25, 0.3) is 0 Å². The molecule has 1 aromatic heterocycles. The standard InChI is InChI=1S/C12H19N3O/c1-3-10-7-11(13-4-2)15-12(14-10)9-5-6-16-8-9/h7,9H,3-6,8H2,1-2H3,(H,13,14,15). The van der Waals surface area contributed by atoms with Gasteiger partial charge in [-0.3, -0.25) is 0 Å². The highest BCUT2D eigenvalue weighted by Crippen LogP contribution is 2.23. The second-order valence-corrected chi connectivity index (χ2v) is 4.05. The summed E-state index contributed by atoms with van der Waals surface area (Å²) < 4.78 is 5.38. The summed E-state index contributed by atoms with van der Waals surface area (Å²) in [5.41, 5.74) is 1.10. The van der Waals surface area contributed by atoms with E-state index in [9.17, 15) is 0 Å². The smallest absolute Gasteiger partial charge is 0.136 e. The molecular formula is C12H19N3O. The van der Waals surface area contributed by atoms with Crippen molar-refractivity contribution in [2.75, 3.05) is 25.1 Å². The number of ether oxygens (including phenoxy) is 1. The van der Waals surface area contributed by atoms with Crippen LogP contribution in [0.5, 0.6) is 0 Å². The van der Waals surface area contributed by atoms with Gasteiger partial charge in [0.1, 0.15) is 11.6 Å². The maximum absolute atomic E-state index is 5.38. The lowest BCUT2D eigenvalue weighted by Crippen LogP contribution is -2.09. The third-order valence-electron chi connectivity index (χ3n) is 2.81. The fourth-order valence-corrected chi connectivity index (χ4v) is 1.89. The van der Waals surface area contributed by atoms with E-state index in [4.69, 9.17) is 4.74 Å². The Hall–Kier alpha value is -1.16. The highest BCUT2D eigenvalue weighted by Gasteiger charge is 2.21. The zero-order valence-corrected chi connectivity index (χ0v) is 9.99. The van der Waals surface area contributed by atoms with E-state index >= 15 is 0 Å². The molecule has 1 fully saturated rings. The molecule has 1 aliphatic heterocycles. The zero-order valence-electron chi connectivity index (χ0n) is 9.99. The van der Waals surface area contributed by atoms with Crippen LogP contribution in [0.2, 0.25) is 0 Å². The van der Waals surface area contributed by atoms with Crippen LogP contribution in [0.4, 0.5) is 5.82 Å². The lowest BCUT2D eigenvalue weighted by molar-refractivity contribution is 0.193. The Kier molecular flexibility index (Phi) is 3.72. The topological polar surface area (TPSA) is 47.0 Å². The number of rotatable bonds is 4. The molecule has 0 spiro atoms. The lowest BCUT2D eigenvalue weighted by Gasteiger charge is -2.11. The predicted octanol–water partition coefficient (Wildman–Crippen LogP) is 1.97. The molecule has 1 N–H and O–H groups in total. The Bertz CT molecular complexity index is 348. The number of nitrogens with one attached hydrogen (secondary N) is 1. The SMILES string of the molecule is CCNc1cc(CC)nc(C2CCOC2)n1. The summed E-state index contributed by atoms with van der Waals surface area (Å²) in [4.78, 5) is 9.14. The molecule has 2 rings (SSSR count). The molecule has 88 valence electrons. The third-order valence-corrected chi connectivity index (χ3v) is 2.81. The molecule has 16 heavy (non-hydrogen) atoms. The van der Waals surface area contributed by atoms with Gasteiger partial charge in [0.25, 0.3) is 0 Å². The van der Waals surface area contributed by atoms with Crippen molar-refractivity contribution < 1.29 is 4.74 Å². The van der Waals surface area contributed by atoms with Gasteiger partial charge in [-0.25, -0.2) is 9.97 Å². The Morgan fingerprint density at radius 2 is 2.31 bits per heavy atom. The number of hydrogen-bond donors (Lipinski definition) is 1. The molecule has 1 aliphatic rings. The van der Waals surface area contributed by atoms with Crippen LogP contribution >= 0.6 is 0 Å². The average molecular weight is 221 g/mol. The van der Waals surface area contributed by atoms with Crippen LogP contribution in [0.1, 0.15) is 37.7 Å². The molecule has 1 atom stereocenters. The van der Waals surface area contributed by atoms with Crippen LogP contribution in [0.15, 0.2) is 6.07 Å². The molecule has 0 aromatic carbocycles. The highest BCUT2D eigenvalue weighted by atomic mass is 16.5. The van der Waals surface area contributed by atoms with Crippen molar-refractivity contribution in [3.8, 4) is 0 Å². The van der Waals surface area contributed by atoms with Crippen molar-refractivity contribution in [2.24, 2.45) is 0 Å². The highest BCUT2D eigenvalue weighted by molar-refractivity contribution is 5.36. The molecule has 4 nitrogen and oxygen atoms in total. The third kappa shape index (κ3) is 2.50. The number of nitrogens with zero attached hydrogens (tertiary/aromatic N) is 2. The van der Waals surface area contributed by atoms with Crippen molar-refractivity contribution in [1.82, 2.24) is 9.97 Å². The van der Waals surface area contributed by atoms with Gasteiger partial charge in [0, 0.05) is 30.8 Å². The molecule has 1 aromatic rings. The van der Waals surface area contributed by atoms with Crippen LogP contribution in [0.3, 0.4) is 0 Å². The van der Waals surface area contributed by atoms with E-state index < -0.39 is 0 Å². The van der Waals surface area contributed by atoms with Crippen molar-refractivity contribution >= 4 is 5.82 Å². The summed E-state index contributed by atoms with van der Waals surface area (Å²) >= 11 is 0. The van der Waals surface area contributed by atoms with Gasteiger partial charge in [-0.05, 0) is 19.8 Å². The molecular weight excluding hydrogens is 202 g/mol. The molecule has 4 heteroatoms. The maximum atomic E-state index is 5.38. The first-order chi connectivity index (χ1) is 7.83. The first-order valence-corrected chi connectivity index (χ1v) is 6.03. The van der Waals surface area contributed by atoms with Gasteiger partial charge < -0.3 is 10.1 Å². The van der Waals surface area contributed by atoms with Crippen molar-refractivity contribution in [2.45, 2.75) is 32.6 Å². The van der Waals surface area contributed by atoms with Crippen LogP contribution in [-0.2, 0) is 11.2 Å². The van der Waals surface area contributed by atoms with Crippen LogP contribution in [0, 0.1) is 0 Å². The largest absolute Gasteiger partial charge is 0.381 e. The Balaban J connectivity index is 2.24. The van der Waals surface area contributed by atoms with E-state index in [1.807, 2.05) is 6.07 Å². The van der Waals surface area contributed by atoms with Crippen LogP contribution < -0.4 is 5.32 Å². The normalized spacial score (nSPS) is 20.0. The molecule has 0 aliphatic carbocycles. The van der Waals surface area contributed by atoms with E-state index in [0.29, 0.717) is 5.92 Å². The minimum absolute atomic E-state index is 0.379. The summed E-state index contributed by atoms with van der Waals surface area (Å²) in [5.74, 6) is 2.26. The van der Waals surface area contributed by atoms with Gasteiger partial charge in [-0.15, -0.1) is 0 Å². The van der Waals surface area contributed by atoms with Crippen molar-refractivity contribution in [3.63, 3.8) is 0 Å². The van der Waals surface area contributed by atoms with Crippen molar-refractivity contribution in [1.29, 1.82) is 0 Å². The number of hydrogen-bond acceptors (Lipinski definition) is 4. The van der Waals surface area contributed by atoms with Gasteiger partial charge in [0.15, 0.2) is 0 Å². The van der Waals surface area contributed by atoms with Gasteiger partial charge in [0.05, 0.1) is 6.61 Å². The minimum Gasteiger partial charge on any atom is -0.381 e. The summed E-state index contributed by atoms with van der Waals surface area (Å²) in [6, 6.07) is 2.03. The van der Waals surface area contributed by atoms with E-state index in [0.717, 1.165) is 49.9 Å². The number of aryl methyl sites for hydroxylation is 1. The summed E-state index contributed by atoms with van der Waals surface area (Å²) in [7, 11) is 0. The first-order valence-electron chi connectivity index (χ1n) is 6.03. The molecule has 0 saturated carbocycles. The van der Waals surface area contributed by atoms with E-state index in [1.54, 1.807) is 0 Å². The molecule has 0 bridgehead atoms. The van der Waals surface area contributed by atoms with Crippen LogP contribution in [-0.4, -0.2) is 29.7 Å². The molecule has 0 radical (unpaired) electrons. The maximum Gasteiger partial charge on any atom is 0.136 e. The molecule has 0 amide bonds. The van der Waals surface area contributed by atoms with E-state index in [-0.39, 0.29) is 0 Å². The van der Waals surface area contributed by atoms with Gasteiger partial charge in [-0.1, -0.05) is 6.92 Å². The summed E-state index contributed by atoms with van der Waals surface area (Å²) in [6.45, 7) is 6.68. The van der Waals surface area contributed by atoms with Gasteiger partial charge >= 0.3 is 0 Å². The lowest BCUT2D eigenvalue weighted by atomic mass is 10.1. The van der Waals surface area contributed by atoms with E-state index in [1.165, 1.54) is 0 Å². The minimum atomic E-state index is 0.379. The van der Waals surface area contributed by atoms with Crippen molar-refractivity contribution in [3.05, 3.63) is 17.6 Å².